The molecule has 0 aromatic rings. The van der Waals surface area contributed by atoms with Crippen LogP contribution in [0.4, 0.5) is 0 Å². The lowest BCUT2D eigenvalue weighted by atomic mass is 9.80. The highest BCUT2D eigenvalue weighted by Gasteiger charge is 2.50. The van der Waals surface area contributed by atoms with Crippen molar-refractivity contribution in [3.63, 3.8) is 0 Å². The Morgan fingerprint density at radius 2 is 0.833 bits per heavy atom. The molecule has 3 N–H and O–H groups in total. The number of ether oxygens (including phenoxy) is 3. The Morgan fingerprint density at radius 1 is 0.562 bits per heavy atom. The van der Waals surface area contributed by atoms with Gasteiger partial charge in [-0.25, -0.2) is 0 Å². The van der Waals surface area contributed by atoms with Gasteiger partial charge in [0.1, 0.15) is 24.6 Å². The summed E-state index contributed by atoms with van der Waals surface area (Å²) >= 11 is 0. The number of rotatable bonds is 10. The molecule has 0 radical (unpaired) electrons. The highest BCUT2D eigenvalue weighted by Crippen LogP contribution is 2.41. The van der Waals surface area contributed by atoms with Crippen molar-refractivity contribution in [2.45, 2.75) is 186 Å². The molecule has 3 fully saturated rings. The number of piperidine rings is 3. The van der Waals surface area contributed by atoms with Crippen molar-refractivity contribution in [2.24, 2.45) is 11.8 Å². The molecular formula is C35H61N3O10. The van der Waals surface area contributed by atoms with E-state index in [1.807, 2.05) is 83.1 Å². The zero-order chi connectivity index (χ0) is 36.8. The summed E-state index contributed by atoms with van der Waals surface area (Å²) in [6.45, 7) is 22.1. The number of carbonyl (C=O) groups is 4. The molecule has 0 aromatic heterocycles. The Balaban J connectivity index is 1.81. The van der Waals surface area contributed by atoms with Crippen molar-refractivity contribution in [1.82, 2.24) is 15.2 Å². The Kier molecular flexibility index (Phi) is 11.6. The van der Waals surface area contributed by atoms with E-state index < -0.39 is 94.1 Å². The molecule has 2 unspecified atom stereocenters. The normalized spacial score (nSPS) is 27.4. The summed E-state index contributed by atoms with van der Waals surface area (Å²) in [6, 6.07) is 0. The van der Waals surface area contributed by atoms with E-state index in [-0.39, 0.29) is 0 Å². The molecule has 3 saturated heterocycles. The van der Waals surface area contributed by atoms with E-state index in [0.717, 1.165) is 0 Å². The molecule has 13 nitrogen and oxygen atoms in total. The Bertz CT molecular complexity index is 1160. The Morgan fingerprint density at radius 3 is 1.12 bits per heavy atom. The van der Waals surface area contributed by atoms with Crippen LogP contribution in [0.5, 0.6) is 0 Å². The van der Waals surface area contributed by atoms with E-state index in [4.69, 9.17) is 14.2 Å². The van der Waals surface area contributed by atoms with E-state index in [1.54, 1.807) is 0 Å². The second kappa shape index (κ2) is 13.9. The minimum Gasteiger partial charge on any atom is -0.462 e. The predicted molar refractivity (Wildman–Crippen MR) is 175 cm³/mol. The fourth-order valence-corrected chi connectivity index (χ4v) is 8.57. The van der Waals surface area contributed by atoms with E-state index in [0.29, 0.717) is 44.8 Å². The lowest BCUT2D eigenvalue weighted by Gasteiger charge is -2.51. The zero-order valence-electron chi connectivity index (χ0n) is 31.2. The molecule has 3 rings (SSSR count). The highest BCUT2D eigenvalue weighted by molar-refractivity contribution is 5.85. The van der Waals surface area contributed by atoms with Gasteiger partial charge in [0.15, 0.2) is 0 Å². The summed E-state index contributed by atoms with van der Waals surface area (Å²) in [4.78, 5) is 53.2. The van der Waals surface area contributed by atoms with Gasteiger partial charge < -0.3 is 34.6 Å². The number of hydrogen-bond donors (Lipinski definition) is 3. The number of nitrogens with zero attached hydrogens (tertiary/aromatic N) is 3. The smallest absolute Gasteiger partial charge is 0.310 e. The topological polar surface area (TPSA) is 166 Å². The number of carbonyl (C=O) groups excluding carboxylic acids is 4. The van der Waals surface area contributed by atoms with E-state index in [2.05, 4.69) is 0 Å². The lowest BCUT2D eigenvalue weighted by Crippen LogP contribution is -2.61. The molecule has 0 saturated carbocycles. The second-order valence-corrected chi connectivity index (χ2v) is 18.1. The van der Waals surface area contributed by atoms with E-state index >= 15 is 0 Å². The van der Waals surface area contributed by atoms with Gasteiger partial charge in [0.05, 0.1) is 18.8 Å². The first-order valence-corrected chi connectivity index (χ1v) is 17.2. The summed E-state index contributed by atoms with van der Waals surface area (Å²) < 4.78 is 17.6. The molecule has 3 aliphatic heterocycles. The Labute approximate surface area is 286 Å². The van der Waals surface area contributed by atoms with Crippen molar-refractivity contribution in [3.8, 4) is 0 Å². The van der Waals surface area contributed by atoms with Gasteiger partial charge in [-0.05, 0) is 83.1 Å². The molecule has 3 aliphatic rings. The van der Waals surface area contributed by atoms with Gasteiger partial charge in [0.2, 0.25) is 0 Å². The maximum atomic E-state index is 13.9. The van der Waals surface area contributed by atoms with Gasteiger partial charge >= 0.3 is 17.9 Å². The van der Waals surface area contributed by atoms with Crippen LogP contribution < -0.4 is 0 Å². The monoisotopic (exact) mass is 683 g/mol. The quantitative estimate of drug-likeness (QED) is 0.159. The minimum absolute atomic E-state index is 0.308. The van der Waals surface area contributed by atoms with Crippen LogP contribution in [0.2, 0.25) is 0 Å². The fourth-order valence-electron chi connectivity index (χ4n) is 8.57. The zero-order valence-corrected chi connectivity index (χ0v) is 31.2. The van der Waals surface area contributed by atoms with Crippen LogP contribution in [0.25, 0.3) is 0 Å². The maximum Gasteiger partial charge on any atom is 0.310 e. The van der Waals surface area contributed by atoms with Crippen molar-refractivity contribution in [3.05, 3.63) is 0 Å². The van der Waals surface area contributed by atoms with Crippen LogP contribution in [-0.4, -0.2) is 107 Å². The first-order valence-electron chi connectivity index (χ1n) is 17.2. The third-order valence-corrected chi connectivity index (χ3v) is 10.5. The van der Waals surface area contributed by atoms with Crippen LogP contribution in [0.3, 0.4) is 0 Å². The molecular weight excluding hydrogens is 622 g/mol. The minimum atomic E-state index is -1.33. The van der Waals surface area contributed by atoms with Crippen molar-refractivity contribution in [1.29, 1.82) is 0 Å². The van der Waals surface area contributed by atoms with E-state index in [9.17, 15) is 34.8 Å². The molecule has 0 bridgehead atoms. The summed E-state index contributed by atoms with van der Waals surface area (Å²) in [7, 11) is 0. The third kappa shape index (κ3) is 9.14. The molecule has 2 atom stereocenters. The summed E-state index contributed by atoms with van der Waals surface area (Å²) in [5.74, 6) is -4.78. The number of hydroxylamine groups is 6. The highest BCUT2D eigenvalue weighted by atomic mass is 16.6. The van der Waals surface area contributed by atoms with Gasteiger partial charge in [-0.3, -0.25) is 14.4 Å². The molecule has 0 amide bonds. The predicted octanol–water partition coefficient (Wildman–Crippen LogP) is 5.06. The van der Waals surface area contributed by atoms with Crippen molar-refractivity contribution in [2.75, 3.05) is 0 Å². The molecule has 48 heavy (non-hydrogen) atoms. The molecule has 0 aliphatic carbocycles. The molecule has 0 aromatic carbocycles. The van der Waals surface area contributed by atoms with Gasteiger partial charge in [0.25, 0.3) is 0 Å². The molecule has 0 spiro atoms. The largest absolute Gasteiger partial charge is 0.462 e. The fraction of sp³-hybridized carbons (Fsp3) is 0.886. The number of aldehydes is 1. The van der Waals surface area contributed by atoms with Crippen molar-refractivity contribution < 1.29 is 49.0 Å². The van der Waals surface area contributed by atoms with Gasteiger partial charge in [-0.2, -0.15) is 15.2 Å². The first-order chi connectivity index (χ1) is 21.6. The molecule has 276 valence electrons. The van der Waals surface area contributed by atoms with Crippen LogP contribution in [0.1, 0.15) is 134 Å². The standard InChI is InChI=1S/C35H61N3O10/c1-30(2)15-23(16-31(3,4)36(30)43)46-27(40)13-22(21-39)26(29(42)48-25-19-34(9,10)38(45)35(11,12)20-25)14-28(41)47-24-17-32(5,6)37(44)33(7,8)18-24/h21-26,43-45H,13-20H2,1-12H3. The average molecular weight is 684 g/mol. The number of hydrogen-bond acceptors (Lipinski definition) is 13. The number of esters is 3. The van der Waals surface area contributed by atoms with Crippen molar-refractivity contribution >= 4 is 24.2 Å². The van der Waals surface area contributed by atoms with Crippen LogP contribution in [-0.2, 0) is 33.4 Å². The van der Waals surface area contributed by atoms with Crippen LogP contribution in [0.15, 0.2) is 0 Å². The summed E-state index contributed by atoms with van der Waals surface area (Å²) in [5, 5.41) is 35.8. The molecule has 13 heteroatoms. The first kappa shape index (κ1) is 40.3. The van der Waals surface area contributed by atoms with Gasteiger partial charge in [-0.15, -0.1) is 0 Å². The SMILES string of the molecule is CC1(C)CC(OC(=O)CC(C=O)C(CC(=O)OC2CC(C)(C)N(O)C(C)(C)C2)C(=O)OC2CC(C)(C)N(O)C(C)(C)C2)CC(C)(C)N1O. The van der Waals surface area contributed by atoms with Gasteiger partial charge in [-0.1, -0.05) is 0 Å². The van der Waals surface area contributed by atoms with Crippen LogP contribution >= 0.6 is 0 Å². The molecule has 3 heterocycles. The average Bonchev–Trinajstić information content (AvgIpc) is 2.89. The third-order valence-electron chi connectivity index (χ3n) is 10.5. The lowest BCUT2D eigenvalue weighted by molar-refractivity contribution is -0.261. The van der Waals surface area contributed by atoms with Gasteiger partial charge in [0, 0.05) is 77.7 Å². The summed E-state index contributed by atoms with van der Waals surface area (Å²) in [6.07, 6.45) is -0.138. The summed E-state index contributed by atoms with van der Waals surface area (Å²) in [5.41, 5.74) is -4.15. The Hall–Kier alpha value is -2.16. The second-order valence-electron chi connectivity index (χ2n) is 18.1. The van der Waals surface area contributed by atoms with E-state index in [1.165, 1.54) is 15.2 Å². The van der Waals surface area contributed by atoms with Crippen LogP contribution in [0, 0.1) is 11.8 Å². The maximum absolute atomic E-state index is 13.9.